The van der Waals surface area contributed by atoms with Crippen molar-refractivity contribution in [2.45, 2.75) is 32.4 Å². The van der Waals surface area contributed by atoms with Crippen LogP contribution in [0.4, 0.5) is 4.79 Å². The molecule has 0 aliphatic carbocycles. The standard InChI is InChI=1S/C20H24ClN7O2/c1-12-18(25-26-24-12)19(29)28-7-3-4-16(11-28)27(2)20(30)22-10-15-9-13-8-14(21)5-6-17(13)23-15/h5-6,8-9,16,23H,3-4,7,10-11H2,1-2H3,(H,22,30)(H,24,25,26). The van der Waals surface area contributed by atoms with Gasteiger partial charge in [-0.05, 0) is 44.0 Å². The number of carbonyl (C=O) groups is 2. The summed E-state index contributed by atoms with van der Waals surface area (Å²) in [7, 11) is 1.76. The number of aryl methyl sites for hydroxylation is 1. The topological polar surface area (TPSA) is 110 Å². The molecule has 1 fully saturated rings. The third-order valence-corrected chi connectivity index (χ3v) is 5.78. The molecule has 3 aromatic rings. The van der Waals surface area contributed by atoms with Crippen molar-refractivity contribution in [1.29, 1.82) is 0 Å². The number of aromatic nitrogens is 4. The Morgan fingerprint density at radius 1 is 1.33 bits per heavy atom. The summed E-state index contributed by atoms with van der Waals surface area (Å²) in [6.07, 6.45) is 1.67. The van der Waals surface area contributed by atoms with Crippen molar-refractivity contribution in [2.75, 3.05) is 20.1 Å². The van der Waals surface area contributed by atoms with Gasteiger partial charge in [-0.15, -0.1) is 0 Å². The SMILES string of the molecule is Cc1n[nH]nc1C(=O)N1CCCC(N(C)C(=O)NCc2cc3cc(Cl)ccc3[nH]2)C1. The molecule has 3 heterocycles. The second-order valence-electron chi connectivity index (χ2n) is 7.60. The van der Waals surface area contributed by atoms with Crippen LogP contribution in [0.15, 0.2) is 24.3 Å². The molecule has 3 N–H and O–H groups in total. The van der Waals surface area contributed by atoms with E-state index in [4.69, 9.17) is 11.6 Å². The van der Waals surface area contributed by atoms with E-state index in [0.29, 0.717) is 36.0 Å². The highest BCUT2D eigenvalue weighted by molar-refractivity contribution is 6.31. The van der Waals surface area contributed by atoms with Crippen LogP contribution in [-0.2, 0) is 6.54 Å². The summed E-state index contributed by atoms with van der Waals surface area (Å²) in [6.45, 7) is 3.24. The molecule has 0 saturated carbocycles. The fraction of sp³-hybridized carbons (Fsp3) is 0.400. The summed E-state index contributed by atoms with van der Waals surface area (Å²) in [6, 6.07) is 7.37. The van der Waals surface area contributed by atoms with Gasteiger partial charge in [0.15, 0.2) is 5.69 Å². The van der Waals surface area contributed by atoms with E-state index in [9.17, 15) is 9.59 Å². The molecule has 4 rings (SSSR count). The van der Waals surface area contributed by atoms with Crippen molar-refractivity contribution in [3.8, 4) is 0 Å². The molecule has 10 heteroatoms. The molecule has 0 bridgehead atoms. The summed E-state index contributed by atoms with van der Waals surface area (Å²) < 4.78 is 0. The number of piperidine rings is 1. The molecule has 3 amide bonds. The molecule has 1 aliphatic heterocycles. The molecule has 30 heavy (non-hydrogen) atoms. The molecule has 1 saturated heterocycles. The minimum atomic E-state index is -0.177. The van der Waals surface area contributed by atoms with Crippen molar-refractivity contribution in [3.63, 3.8) is 0 Å². The summed E-state index contributed by atoms with van der Waals surface area (Å²) in [5, 5.41) is 15.0. The first kappa shape index (κ1) is 20.2. The van der Waals surface area contributed by atoms with Gasteiger partial charge in [0, 0.05) is 41.8 Å². The van der Waals surface area contributed by atoms with Crippen LogP contribution < -0.4 is 5.32 Å². The Hall–Kier alpha value is -3.07. The lowest BCUT2D eigenvalue weighted by Gasteiger charge is -2.37. The van der Waals surface area contributed by atoms with E-state index < -0.39 is 0 Å². The maximum atomic E-state index is 12.7. The van der Waals surface area contributed by atoms with Gasteiger partial charge in [0.1, 0.15) is 0 Å². The fourth-order valence-electron chi connectivity index (χ4n) is 3.81. The summed E-state index contributed by atoms with van der Waals surface area (Å²) in [5.74, 6) is -0.156. The first-order valence-corrected chi connectivity index (χ1v) is 10.2. The molecule has 158 valence electrons. The van der Waals surface area contributed by atoms with Gasteiger partial charge in [-0.1, -0.05) is 11.6 Å². The molecule has 0 spiro atoms. The number of fused-ring (bicyclic) bond motifs is 1. The Bertz CT molecular complexity index is 1080. The number of halogens is 1. The van der Waals surface area contributed by atoms with E-state index in [2.05, 4.69) is 25.7 Å². The highest BCUT2D eigenvalue weighted by Crippen LogP contribution is 2.20. The average molecular weight is 430 g/mol. The molecule has 9 nitrogen and oxygen atoms in total. The van der Waals surface area contributed by atoms with E-state index in [1.54, 1.807) is 23.8 Å². The van der Waals surface area contributed by atoms with Gasteiger partial charge in [0.2, 0.25) is 0 Å². The van der Waals surface area contributed by atoms with E-state index in [1.165, 1.54) is 0 Å². The second kappa shape index (κ2) is 8.35. The second-order valence-corrected chi connectivity index (χ2v) is 8.04. The third-order valence-electron chi connectivity index (χ3n) is 5.55. The van der Waals surface area contributed by atoms with Crippen LogP contribution in [0, 0.1) is 6.92 Å². The van der Waals surface area contributed by atoms with E-state index in [0.717, 1.165) is 29.4 Å². The lowest BCUT2D eigenvalue weighted by Crippen LogP contribution is -2.52. The number of urea groups is 1. The number of H-pyrrole nitrogens is 2. The number of hydrogen-bond donors (Lipinski definition) is 3. The largest absolute Gasteiger partial charge is 0.357 e. The van der Waals surface area contributed by atoms with E-state index >= 15 is 0 Å². The summed E-state index contributed by atoms with van der Waals surface area (Å²) in [5.41, 5.74) is 2.78. The maximum absolute atomic E-state index is 12.7. The molecule has 1 unspecified atom stereocenters. The molecule has 0 radical (unpaired) electrons. The van der Waals surface area contributed by atoms with Gasteiger partial charge >= 0.3 is 6.03 Å². The van der Waals surface area contributed by atoms with Crippen molar-refractivity contribution in [3.05, 3.63) is 46.4 Å². The van der Waals surface area contributed by atoms with Crippen LogP contribution in [-0.4, -0.2) is 68.3 Å². The minimum Gasteiger partial charge on any atom is -0.357 e. The van der Waals surface area contributed by atoms with E-state index in [-0.39, 0.29) is 18.0 Å². The predicted molar refractivity (Wildman–Crippen MR) is 113 cm³/mol. The number of benzene rings is 1. The van der Waals surface area contributed by atoms with Gasteiger partial charge < -0.3 is 20.1 Å². The number of likely N-dealkylation sites (N-methyl/N-ethyl adjacent to an activating group) is 1. The Morgan fingerprint density at radius 3 is 2.93 bits per heavy atom. The number of likely N-dealkylation sites (tertiary alicyclic amines) is 1. The quantitative estimate of drug-likeness (QED) is 0.592. The summed E-state index contributed by atoms with van der Waals surface area (Å²) in [4.78, 5) is 32.1. The van der Waals surface area contributed by atoms with Gasteiger partial charge in [0.05, 0.1) is 18.3 Å². The van der Waals surface area contributed by atoms with Crippen LogP contribution in [0.5, 0.6) is 0 Å². The van der Waals surface area contributed by atoms with Crippen LogP contribution >= 0.6 is 11.6 Å². The van der Waals surface area contributed by atoms with Crippen LogP contribution in [0.3, 0.4) is 0 Å². The average Bonchev–Trinajstić information content (AvgIpc) is 3.36. The predicted octanol–water partition coefficient (Wildman–Crippen LogP) is 2.69. The smallest absolute Gasteiger partial charge is 0.317 e. The highest BCUT2D eigenvalue weighted by Gasteiger charge is 2.30. The van der Waals surface area contributed by atoms with Crippen LogP contribution in [0.25, 0.3) is 10.9 Å². The number of carbonyl (C=O) groups excluding carboxylic acids is 2. The van der Waals surface area contributed by atoms with Crippen molar-refractivity contribution in [2.24, 2.45) is 0 Å². The summed E-state index contributed by atoms with van der Waals surface area (Å²) >= 11 is 6.03. The Kier molecular flexibility index (Phi) is 5.63. The first-order valence-electron chi connectivity index (χ1n) is 9.87. The van der Waals surface area contributed by atoms with Crippen molar-refractivity contribution in [1.82, 2.24) is 35.5 Å². The number of nitrogens with one attached hydrogen (secondary N) is 3. The molecule has 1 atom stereocenters. The highest BCUT2D eigenvalue weighted by atomic mass is 35.5. The Morgan fingerprint density at radius 2 is 2.17 bits per heavy atom. The molecular weight excluding hydrogens is 406 g/mol. The van der Waals surface area contributed by atoms with Crippen LogP contribution in [0.1, 0.15) is 34.7 Å². The van der Waals surface area contributed by atoms with Crippen molar-refractivity contribution >= 4 is 34.4 Å². The molecule has 1 aromatic carbocycles. The zero-order valence-electron chi connectivity index (χ0n) is 16.9. The van der Waals surface area contributed by atoms with Gasteiger partial charge in [-0.25, -0.2) is 4.79 Å². The number of hydrogen-bond acceptors (Lipinski definition) is 4. The molecule has 2 aromatic heterocycles. The molecule has 1 aliphatic rings. The molecular formula is C20H24ClN7O2. The maximum Gasteiger partial charge on any atom is 0.317 e. The van der Waals surface area contributed by atoms with E-state index in [1.807, 2.05) is 24.3 Å². The third kappa shape index (κ3) is 4.11. The lowest BCUT2D eigenvalue weighted by molar-refractivity contribution is 0.0629. The number of amides is 3. The van der Waals surface area contributed by atoms with Crippen LogP contribution in [0.2, 0.25) is 5.02 Å². The first-order chi connectivity index (χ1) is 14.4. The zero-order valence-corrected chi connectivity index (χ0v) is 17.7. The van der Waals surface area contributed by atoms with Gasteiger partial charge in [-0.3, -0.25) is 4.79 Å². The Labute approximate surface area is 178 Å². The fourth-order valence-corrected chi connectivity index (χ4v) is 3.99. The number of nitrogens with zero attached hydrogens (tertiary/aromatic N) is 4. The lowest BCUT2D eigenvalue weighted by atomic mass is 10.0. The minimum absolute atomic E-state index is 0.0589. The monoisotopic (exact) mass is 429 g/mol. The van der Waals surface area contributed by atoms with Gasteiger partial charge in [0.25, 0.3) is 5.91 Å². The van der Waals surface area contributed by atoms with Crippen molar-refractivity contribution < 1.29 is 9.59 Å². The van der Waals surface area contributed by atoms with Gasteiger partial charge in [-0.2, -0.15) is 15.4 Å². The normalized spacial score (nSPS) is 16.6. The Balaban J connectivity index is 1.35. The number of aromatic amines is 2. The number of rotatable bonds is 4. The zero-order chi connectivity index (χ0) is 21.3.